The molecule has 0 saturated carbocycles. The predicted octanol–water partition coefficient (Wildman–Crippen LogP) is 3.51. The highest BCUT2D eigenvalue weighted by Crippen LogP contribution is 2.28. The summed E-state index contributed by atoms with van der Waals surface area (Å²) in [4.78, 5) is 17.6. The van der Waals surface area contributed by atoms with Gasteiger partial charge in [0.25, 0.3) is 5.56 Å². The average Bonchev–Trinajstić information content (AvgIpc) is 2.84. The number of anilines is 1. The molecule has 0 radical (unpaired) electrons. The second kappa shape index (κ2) is 6.93. The molecule has 1 aliphatic carbocycles. The topological polar surface area (TPSA) is 46.9 Å². The largest absolute Gasteiger partial charge is 0.383 e. The number of hydrogen-bond acceptors (Lipinski definition) is 3. The van der Waals surface area contributed by atoms with Crippen molar-refractivity contribution in [1.29, 1.82) is 0 Å². The quantitative estimate of drug-likeness (QED) is 0.796. The molecular weight excluding hydrogens is 310 g/mol. The van der Waals surface area contributed by atoms with Crippen molar-refractivity contribution < 1.29 is 0 Å². The summed E-state index contributed by atoms with van der Waals surface area (Å²) in [5.74, 6) is 0. The summed E-state index contributed by atoms with van der Waals surface area (Å²) in [6.07, 6.45) is 4.48. The van der Waals surface area contributed by atoms with Gasteiger partial charge in [-0.1, -0.05) is 42.5 Å². The maximum Gasteiger partial charge on any atom is 0.257 e. The molecule has 0 amide bonds. The molecule has 0 bridgehead atoms. The van der Waals surface area contributed by atoms with Crippen LogP contribution in [0.3, 0.4) is 0 Å². The highest BCUT2D eigenvalue weighted by atomic mass is 16.1. The van der Waals surface area contributed by atoms with Crippen LogP contribution in [0.15, 0.2) is 65.7 Å². The van der Waals surface area contributed by atoms with Crippen LogP contribution in [0.4, 0.5) is 5.69 Å². The van der Waals surface area contributed by atoms with Gasteiger partial charge in [-0.3, -0.25) is 9.36 Å². The molecule has 0 unspecified atom stereocenters. The van der Waals surface area contributed by atoms with Crippen LogP contribution in [-0.2, 0) is 19.4 Å². The van der Waals surface area contributed by atoms with Crippen molar-refractivity contribution in [1.82, 2.24) is 9.55 Å². The first-order chi connectivity index (χ1) is 12.3. The van der Waals surface area contributed by atoms with Crippen LogP contribution >= 0.6 is 0 Å². The van der Waals surface area contributed by atoms with Gasteiger partial charge in [-0.15, -0.1) is 0 Å². The predicted molar refractivity (Wildman–Crippen MR) is 101 cm³/mol. The van der Waals surface area contributed by atoms with Crippen LogP contribution < -0.4 is 10.9 Å². The molecule has 1 aromatic heterocycles. The fraction of sp³-hybridized carbons (Fsp3) is 0.238. The zero-order valence-corrected chi connectivity index (χ0v) is 14.1. The van der Waals surface area contributed by atoms with Crippen LogP contribution in [0.5, 0.6) is 0 Å². The third-order valence-electron chi connectivity index (χ3n) is 4.73. The molecule has 0 atom stereocenters. The number of para-hydroxylation sites is 1. The van der Waals surface area contributed by atoms with Crippen LogP contribution in [0, 0.1) is 0 Å². The molecule has 1 aliphatic rings. The fourth-order valence-corrected chi connectivity index (χ4v) is 3.45. The molecule has 4 heteroatoms. The maximum atomic E-state index is 12.9. The second-order valence-corrected chi connectivity index (χ2v) is 6.37. The van der Waals surface area contributed by atoms with Crippen molar-refractivity contribution in [2.45, 2.75) is 25.8 Å². The van der Waals surface area contributed by atoms with E-state index in [0.29, 0.717) is 13.1 Å². The first-order valence-electron chi connectivity index (χ1n) is 8.78. The molecule has 25 heavy (non-hydrogen) atoms. The van der Waals surface area contributed by atoms with Crippen molar-refractivity contribution in [2.75, 3.05) is 11.9 Å². The highest BCUT2D eigenvalue weighted by molar-refractivity contribution is 5.67. The molecule has 4 rings (SSSR count). The maximum absolute atomic E-state index is 12.9. The third-order valence-corrected chi connectivity index (χ3v) is 4.73. The van der Waals surface area contributed by atoms with Crippen LogP contribution in [0.2, 0.25) is 0 Å². The van der Waals surface area contributed by atoms with Gasteiger partial charge < -0.3 is 5.32 Å². The first-order valence-corrected chi connectivity index (χ1v) is 8.78. The standard InChI is InChI=1S/C21H21N3O/c25-21-19-12-6-8-16-7-4-5-11-18(16)20(19)23-15-24(21)14-13-22-17-9-2-1-3-10-17/h1-5,7,9-11,15,22H,6,8,12-14H2. The zero-order chi connectivity index (χ0) is 17.1. The Morgan fingerprint density at radius 2 is 1.80 bits per heavy atom. The number of aromatic nitrogens is 2. The van der Waals surface area contributed by atoms with Gasteiger partial charge in [-0.25, -0.2) is 4.98 Å². The molecule has 1 heterocycles. The summed E-state index contributed by atoms with van der Waals surface area (Å²) >= 11 is 0. The van der Waals surface area contributed by atoms with Crippen molar-refractivity contribution >= 4 is 5.69 Å². The van der Waals surface area contributed by atoms with Crippen LogP contribution in [0.25, 0.3) is 11.3 Å². The van der Waals surface area contributed by atoms with Crippen molar-refractivity contribution in [3.8, 4) is 11.3 Å². The molecular formula is C21H21N3O. The number of benzene rings is 2. The second-order valence-electron chi connectivity index (χ2n) is 6.37. The minimum Gasteiger partial charge on any atom is -0.383 e. The SMILES string of the molecule is O=c1c2c(ncn1CCNc1ccccc1)-c1ccccc1CCC2. The lowest BCUT2D eigenvalue weighted by Gasteiger charge is -2.12. The van der Waals surface area contributed by atoms with E-state index >= 15 is 0 Å². The Balaban J connectivity index is 1.58. The van der Waals surface area contributed by atoms with E-state index in [9.17, 15) is 4.79 Å². The van der Waals surface area contributed by atoms with Crippen molar-refractivity contribution in [3.05, 3.63) is 82.4 Å². The lowest BCUT2D eigenvalue weighted by molar-refractivity contribution is 0.667. The van der Waals surface area contributed by atoms with E-state index in [2.05, 4.69) is 28.5 Å². The van der Waals surface area contributed by atoms with E-state index < -0.39 is 0 Å². The summed E-state index contributed by atoms with van der Waals surface area (Å²) in [6.45, 7) is 1.30. The van der Waals surface area contributed by atoms with Crippen molar-refractivity contribution in [3.63, 3.8) is 0 Å². The van der Waals surface area contributed by atoms with Gasteiger partial charge in [0.1, 0.15) is 0 Å². The van der Waals surface area contributed by atoms with Gasteiger partial charge in [0.2, 0.25) is 0 Å². The Morgan fingerprint density at radius 3 is 2.68 bits per heavy atom. The van der Waals surface area contributed by atoms with Gasteiger partial charge in [0.05, 0.1) is 12.0 Å². The summed E-state index contributed by atoms with van der Waals surface area (Å²) < 4.78 is 1.72. The lowest BCUT2D eigenvalue weighted by Crippen LogP contribution is -2.27. The normalized spacial score (nSPS) is 12.8. The minimum atomic E-state index is 0.0940. The molecule has 3 aromatic rings. The molecule has 4 nitrogen and oxygen atoms in total. The highest BCUT2D eigenvalue weighted by Gasteiger charge is 2.18. The van der Waals surface area contributed by atoms with E-state index in [1.807, 2.05) is 36.4 Å². The molecule has 0 spiro atoms. The van der Waals surface area contributed by atoms with Crippen molar-refractivity contribution in [2.24, 2.45) is 0 Å². The average molecular weight is 331 g/mol. The number of nitrogens with zero attached hydrogens (tertiary/aromatic N) is 2. The molecule has 0 saturated heterocycles. The number of aryl methyl sites for hydroxylation is 1. The fourth-order valence-electron chi connectivity index (χ4n) is 3.45. The number of nitrogens with one attached hydrogen (secondary N) is 1. The number of fused-ring (bicyclic) bond motifs is 3. The lowest BCUT2D eigenvalue weighted by atomic mass is 10.0. The zero-order valence-electron chi connectivity index (χ0n) is 14.1. The van der Waals surface area contributed by atoms with Crippen LogP contribution in [0.1, 0.15) is 17.5 Å². The van der Waals surface area contributed by atoms with Gasteiger partial charge in [0, 0.05) is 29.9 Å². The molecule has 0 aliphatic heterocycles. The Kier molecular flexibility index (Phi) is 4.34. The molecule has 126 valence electrons. The number of hydrogen-bond donors (Lipinski definition) is 1. The Labute approximate surface area is 147 Å². The molecule has 2 aromatic carbocycles. The van der Waals surface area contributed by atoms with Gasteiger partial charge >= 0.3 is 0 Å². The minimum absolute atomic E-state index is 0.0940. The summed E-state index contributed by atoms with van der Waals surface area (Å²) in [5, 5.41) is 3.34. The van der Waals surface area contributed by atoms with E-state index in [1.54, 1.807) is 10.9 Å². The van der Waals surface area contributed by atoms with E-state index in [-0.39, 0.29) is 5.56 Å². The summed E-state index contributed by atoms with van der Waals surface area (Å²) in [7, 11) is 0. The summed E-state index contributed by atoms with van der Waals surface area (Å²) in [5.41, 5.74) is 5.28. The van der Waals surface area contributed by atoms with Gasteiger partial charge in [-0.2, -0.15) is 0 Å². The van der Waals surface area contributed by atoms with Gasteiger partial charge in [-0.05, 0) is 37.0 Å². The Hall–Kier alpha value is -2.88. The molecule has 1 N–H and O–H groups in total. The number of rotatable bonds is 4. The Morgan fingerprint density at radius 1 is 1.00 bits per heavy atom. The summed E-state index contributed by atoms with van der Waals surface area (Å²) in [6, 6.07) is 18.3. The monoisotopic (exact) mass is 331 g/mol. The van der Waals surface area contributed by atoms with Crippen LogP contribution in [-0.4, -0.2) is 16.1 Å². The Bertz CT molecular complexity index is 931. The third kappa shape index (κ3) is 3.20. The smallest absolute Gasteiger partial charge is 0.257 e. The first kappa shape index (κ1) is 15.6. The van der Waals surface area contributed by atoms with E-state index in [1.165, 1.54) is 5.56 Å². The van der Waals surface area contributed by atoms with Gasteiger partial charge in [0.15, 0.2) is 0 Å². The molecule has 0 fully saturated rings. The van der Waals surface area contributed by atoms with E-state index in [0.717, 1.165) is 41.8 Å². The van der Waals surface area contributed by atoms with E-state index in [4.69, 9.17) is 0 Å².